The quantitative estimate of drug-likeness (QED) is 0.802. The Labute approximate surface area is 176 Å². The third-order valence-corrected chi connectivity index (χ3v) is 6.06. The molecule has 1 aromatic carbocycles. The second kappa shape index (κ2) is 9.73. The normalized spacial score (nSPS) is 17.9. The van der Waals surface area contributed by atoms with Crippen LogP contribution in [-0.4, -0.2) is 42.0 Å². The average Bonchev–Trinajstić information content (AvgIpc) is 3.33. The number of thiazole rings is 1. The number of para-hydroxylation sites is 1. The van der Waals surface area contributed by atoms with Crippen molar-refractivity contribution in [2.24, 2.45) is 5.41 Å². The topological polar surface area (TPSA) is 54.5 Å². The van der Waals surface area contributed by atoms with E-state index in [0.717, 1.165) is 44.7 Å². The monoisotopic (exact) mass is 429 g/mol. The Bertz CT molecular complexity index is 726. The first kappa shape index (κ1) is 22.0. The van der Waals surface area contributed by atoms with E-state index in [0.29, 0.717) is 23.3 Å². The summed E-state index contributed by atoms with van der Waals surface area (Å²) in [6.45, 7) is 4.27. The van der Waals surface area contributed by atoms with Gasteiger partial charge in [-0.05, 0) is 43.4 Å². The lowest BCUT2D eigenvalue weighted by atomic mass is 9.78. The van der Waals surface area contributed by atoms with Crippen molar-refractivity contribution in [3.05, 3.63) is 46.4 Å². The maximum absolute atomic E-state index is 13.0. The van der Waals surface area contributed by atoms with Gasteiger partial charge in [-0.2, -0.15) is 0 Å². The van der Waals surface area contributed by atoms with Crippen molar-refractivity contribution in [3.8, 4) is 5.75 Å². The highest BCUT2D eigenvalue weighted by Gasteiger charge is 2.38. The summed E-state index contributed by atoms with van der Waals surface area (Å²) in [6.07, 6.45) is 3.42. The van der Waals surface area contributed by atoms with Gasteiger partial charge in [0.2, 0.25) is 0 Å². The number of hydrogen-bond acceptors (Lipinski definition) is 5. The van der Waals surface area contributed by atoms with Gasteiger partial charge in [-0.25, -0.2) is 4.98 Å². The van der Waals surface area contributed by atoms with Crippen LogP contribution in [0.2, 0.25) is 0 Å². The van der Waals surface area contributed by atoms with Crippen molar-refractivity contribution in [2.45, 2.75) is 25.9 Å². The molecule has 8 heteroatoms. The number of ether oxygens (including phenoxy) is 1. The van der Waals surface area contributed by atoms with E-state index in [4.69, 9.17) is 4.74 Å². The molecular weight excluding hydrogens is 405 g/mol. The van der Waals surface area contributed by atoms with Crippen molar-refractivity contribution in [2.75, 3.05) is 26.2 Å². The number of nitrogens with zero attached hydrogens (tertiary/aromatic N) is 2. The predicted molar refractivity (Wildman–Crippen MR) is 112 cm³/mol. The van der Waals surface area contributed by atoms with Crippen LogP contribution in [0.3, 0.4) is 0 Å². The van der Waals surface area contributed by atoms with Gasteiger partial charge >= 0.3 is 0 Å². The summed E-state index contributed by atoms with van der Waals surface area (Å²) in [7, 11) is 0. The first-order valence-corrected chi connectivity index (χ1v) is 9.79. The molecule has 1 N–H and O–H groups in total. The number of nitrogens with one attached hydrogen (secondary N) is 1. The van der Waals surface area contributed by atoms with Gasteiger partial charge in [-0.3, -0.25) is 4.79 Å². The molecule has 27 heavy (non-hydrogen) atoms. The van der Waals surface area contributed by atoms with Crippen LogP contribution in [0.4, 0.5) is 0 Å². The average molecular weight is 430 g/mol. The standard InChI is InChI=1S/C19H23N3O2S.2ClH/c23-18(22-9-6-19(7-10-22)5-8-20-13-19)16-3-1-2-4-17(16)24-11-15-12-25-14-21-15;;/h1-4,12,14,20H,5-11,13H2;2*1H. The molecule has 2 aromatic rings. The summed E-state index contributed by atoms with van der Waals surface area (Å²) >= 11 is 1.55. The van der Waals surface area contributed by atoms with Gasteiger partial charge in [-0.15, -0.1) is 36.2 Å². The maximum atomic E-state index is 13.0. The van der Waals surface area contributed by atoms with Crippen molar-refractivity contribution >= 4 is 42.1 Å². The van der Waals surface area contributed by atoms with Crippen LogP contribution in [0.15, 0.2) is 35.2 Å². The molecule has 2 fully saturated rings. The van der Waals surface area contributed by atoms with E-state index < -0.39 is 0 Å². The third-order valence-electron chi connectivity index (χ3n) is 5.42. The highest BCUT2D eigenvalue weighted by Crippen LogP contribution is 2.37. The van der Waals surface area contributed by atoms with Crippen LogP contribution < -0.4 is 10.1 Å². The summed E-state index contributed by atoms with van der Waals surface area (Å²) in [6, 6.07) is 7.53. The molecule has 2 aliphatic heterocycles. The second-order valence-electron chi connectivity index (χ2n) is 6.98. The van der Waals surface area contributed by atoms with Gasteiger partial charge in [0.25, 0.3) is 5.91 Å². The number of likely N-dealkylation sites (tertiary alicyclic amines) is 1. The molecule has 0 unspecified atom stereocenters. The van der Waals surface area contributed by atoms with Crippen LogP contribution in [0.25, 0.3) is 0 Å². The third kappa shape index (κ3) is 4.93. The van der Waals surface area contributed by atoms with Gasteiger partial charge in [0, 0.05) is 25.0 Å². The number of aromatic nitrogens is 1. The molecule has 3 heterocycles. The number of halogens is 2. The number of hydrogen-bond donors (Lipinski definition) is 1. The van der Waals surface area contributed by atoms with Crippen molar-refractivity contribution in [3.63, 3.8) is 0 Å². The van der Waals surface area contributed by atoms with Crippen LogP contribution in [0, 0.1) is 5.41 Å². The zero-order valence-electron chi connectivity index (χ0n) is 15.1. The Kier molecular flexibility index (Phi) is 7.91. The van der Waals surface area contributed by atoms with E-state index >= 15 is 0 Å². The van der Waals surface area contributed by atoms with Crippen LogP contribution in [0.1, 0.15) is 35.3 Å². The SMILES string of the molecule is Cl.Cl.O=C(c1ccccc1OCc1cscn1)N1CCC2(CCNC2)CC1. The summed E-state index contributed by atoms with van der Waals surface area (Å²) in [4.78, 5) is 19.2. The number of piperidine rings is 1. The highest BCUT2D eigenvalue weighted by molar-refractivity contribution is 7.07. The van der Waals surface area contributed by atoms with E-state index in [1.165, 1.54) is 6.42 Å². The molecular formula is C19H25Cl2N3O2S. The fourth-order valence-corrected chi connectivity index (χ4v) is 4.35. The second-order valence-corrected chi connectivity index (χ2v) is 7.70. The largest absolute Gasteiger partial charge is 0.486 e. The zero-order valence-corrected chi connectivity index (χ0v) is 17.5. The predicted octanol–water partition coefficient (Wildman–Crippen LogP) is 3.78. The first-order valence-electron chi connectivity index (χ1n) is 8.85. The van der Waals surface area contributed by atoms with E-state index in [1.807, 2.05) is 34.5 Å². The minimum Gasteiger partial charge on any atom is -0.486 e. The van der Waals surface area contributed by atoms with Gasteiger partial charge in [0.1, 0.15) is 12.4 Å². The summed E-state index contributed by atoms with van der Waals surface area (Å²) in [5, 5.41) is 5.43. The van der Waals surface area contributed by atoms with E-state index in [-0.39, 0.29) is 30.7 Å². The number of rotatable bonds is 4. The molecule has 0 bridgehead atoms. The minimum atomic E-state index is 0. The molecule has 0 saturated carbocycles. The van der Waals surface area contributed by atoms with Crippen molar-refractivity contribution < 1.29 is 9.53 Å². The lowest BCUT2D eigenvalue weighted by Gasteiger charge is -2.39. The molecule has 2 aliphatic rings. The van der Waals surface area contributed by atoms with Gasteiger partial charge < -0.3 is 15.0 Å². The number of amides is 1. The number of carbonyl (C=O) groups is 1. The molecule has 4 rings (SSSR count). The Balaban J connectivity index is 0.00000131. The molecule has 0 atom stereocenters. The lowest BCUT2D eigenvalue weighted by Crippen LogP contribution is -2.44. The Hall–Kier alpha value is -1.34. The lowest BCUT2D eigenvalue weighted by molar-refractivity contribution is 0.0603. The number of benzene rings is 1. The van der Waals surface area contributed by atoms with Crippen LogP contribution in [-0.2, 0) is 6.61 Å². The molecule has 5 nitrogen and oxygen atoms in total. The smallest absolute Gasteiger partial charge is 0.257 e. The fraction of sp³-hybridized carbons (Fsp3) is 0.474. The fourth-order valence-electron chi connectivity index (χ4n) is 3.81. The van der Waals surface area contributed by atoms with Crippen molar-refractivity contribution in [1.29, 1.82) is 0 Å². The van der Waals surface area contributed by atoms with Gasteiger partial charge in [0.15, 0.2) is 0 Å². The van der Waals surface area contributed by atoms with Crippen LogP contribution in [0.5, 0.6) is 5.75 Å². The van der Waals surface area contributed by atoms with Crippen LogP contribution >= 0.6 is 36.2 Å². The zero-order chi connectivity index (χ0) is 17.1. The highest BCUT2D eigenvalue weighted by atomic mass is 35.5. The maximum Gasteiger partial charge on any atom is 0.257 e. The van der Waals surface area contributed by atoms with E-state index in [9.17, 15) is 4.79 Å². The number of carbonyl (C=O) groups excluding carboxylic acids is 1. The summed E-state index contributed by atoms with van der Waals surface area (Å²) in [5.74, 6) is 0.720. The molecule has 0 radical (unpaired) electrons. The van der Waals surface area contributed by atoms with Crippen molar-refractivity contribution in [1.82, 2.24) is 15.2 Å². The molecule has 1 spiro atoms. The summed E-state index contributed by atoms with van der Waals surface area (Å²) in [5.41, 5.74) is 3.74. The Morgan fingerprint density at radius 1 is 1.22 bits per heavy atom. The Morgan fingerprint density at radius 3 is 2.67 bits per heavy atom. The Morgan fingerprint density at radius 2 is 2.00 bits per heavy atom. The van der Waals surface area contributed by atoms with E-state index in [1.54, 1.807) is 16.8 Å². The van der Waals surface area contributed by atoms with E-state index in [2.05, 4.69) is 10.3 Å². The molecule has 1 aromatic heterocycles. The summed E-state index contributed by atoms with van der Waals surface area (Å²) < 4.78 is 5.87. The molecule has 0 aliphatic carbocycles. The molecule has 2 saturated heterocycles. The van der Waals surface area contributed by atoms with Gasteiger partial charge in [-0.1, -0.05) is 12.1 Å². The molecule has 148 valence electrons. The van der Waals surface area contributed by atoms with Gasteiger partial charge in [0.05, 0.1) is 16.8 Å². The first-order chi connectivity index (χ1) is 12.3. The molecule has 1 amide bonds. The minimum absolute atomic E-state index is 0.